The summed E-state index contributed by atoms with van der Waals surface area (Å²) in [7, 11) is 0. The second-order valence-electron chi connectivity index (χ2n) is 7.31. The SMILES string of the molecule is CC1(C)CCC(C#N)(CC2Cc3ccccc3O2)CC1. The number of ether oxygens (including phenoxy) is 1. The number of para-hydroxylation sites is 1. The maximum absolute atomic E-state index is 9.68. The van der Waals surface area contributed by atoms with Gasteiger partial charge < -0.3 is 4.74 Å². The Bertz CT molecular complexity index is 506. The smallest absolute Gasteiger partial charge is 0.123 e. The molecule has 1 aromatic carbocycles. The van der Waals surface area contributed by atoms with Crippen molar-refractivity contribution in [1.29, 1.82) is 5.26 Å². The molecule has 0 bridgehead atoms. The highest BCUT2D eigenvalue weighted by molar-refractivity contribution is 5.37. The van der Waals surface area contributed by atoms with Crippen molar-refractivity contribution in [3.63, 3.8) is 0 Å². The lowest BCUT2D eigenvalue weighted by Crippen LogP contribution is -2.34. The molecular formula is C18H23NO. The zero-order valence-corrected chi connectivity index (χ0v) is 12.5. The van der Waals surface area contributed by atoms with Crippen LogP contribution >= 0.6 is 0 Å². The predicted molar refractivity (Wildman–Crippen MR) is 79.5 cm³/mol. The Balaban J connectivity index is 1.68. The Labute approximate surface area is 121 Å². The largest absolute Gasteiger partial charge is 0.490 e. The minimum atomic E-state index is -0.164. The van der Waals surface area contributed by atoms with Crippen LogP contribution in [0.4, 0.5) is 0 Å². The Hall–Kier alpha value is -1.49. The van der Waals surface area contributed by atoms with Crippen LogP contribution in [0.15, 0.2) is 24.3 Å². The third kappa shape index (κ3) is 2.54. The van der Waals surface area contributed by atoms with Crippen LogP contribution in [0.3, 0.4) is 0 Å². The van der Waals surface area contributed by atoms with Gasteiger partial charge in [0.15, 0.2) is 0 Å². The fourth-order valence-electron chi connectivity index (χ4n) is 3.57. The topological polar surface area (TPSA) is 33.0 Å². The molecule has 1 atom stereocenters. The summed E-state index contributed by atoms with van der Waals surface area (Å²) >= 11 is 0. The summed E-state index contributed by atoms with van der Waals surface area (Å²) in [6.45, 7) is 4.63. The molecule has 0 aromatic heterocycles. The number of hydrogen-bond acceptors (Lipinski definition) is 2. The van der Waals surface area contributed by atoms with Crippen molar-refractivity contribution < 1.29 is 4.74 Å². The van der Waals surface area contributed by atoms with Gasteiger partial charge in [-0.2, -0.15) is 5.26 Å². The van der Waals surface area contributed by atoms with Crippen LogP contribution in [0, 0.1) is 22.2 Å². The molecule has 0 amide bonds. The van der Waals surface area contributed by atoms with E-state index in [-0.39, 0.29) is 11.5 Å². The van der Waals surface area contributed by atoms with Crippen molar-refractivity contribution in [2.75, 3.05) is 0 Å². The van der Waals surface area contributed by atoms with Gasteiger partial charge in [0.1, 0.15) is 11.9 Å². The summed E-state index contributed by atoms with van der Waals surface area (Å²) in [5.74, 6) is 1.02. The van der Waals surface area contributed by atoms with E-state index in [0.717, 1.165) is 44.3 Å². The molecule has 20 heavy (non-hydrogen) atoms. The van der Waals surface area contributed by atoms with E-state index >= 15 is 0 Å². The van der Waals surface area contributed by atoms with Crippen LogP contribution in [-0.2, 0) is 6.42 Å². The molecule has 2 aliphatic rings. The van der Waals surface area contributed by atoms with Gasteiger partial charge in [0, 0.05) is 12.8 Å². The first-order valence-corrected chi connectivity index (χ1v) is 7.68. The lowest BCUT2D eigenvalue weighted by molar-refractivity contribution is 0.0935. The van der Waals surface area contributed by atoms with Crippen molar-refractivity contribution in [3.05, 3.63) is 29.8 Å². The maximum Gasteiger partial charge on any atom is 0.123 e. The van der Waals surface area contributed by atoms with Crippen molar-refractivity contribution in [2.45, 2.75) is 58.5 Å². The molecule has 1 aromatic rings. The second kappa shape index (κ2) is 4.81. The molecule has 1 aliphatic carbocycles. The predicted octanol–water partition coefficient (Wildman–Crippen LogP) is 4.49. The van der Waals surface area contributed by atoms with E-state index in [1.165, 1.54) is 5.56 Å². The van der Waals surface area contributed by atoms with E-state index in [1.807, 2.05) is 12.1 Å². The van der Waals surface area contributed by atoms with Crippen LogP contribution in [0.1, 0.15) is 51.5 Å². The minimum Gasteiger partial charge on any atom is -0.490 e. The molecule has 1 unspecified atom stereocenters. The van der Waals surface area contributed by atoms with Crippen LogP contribution in [-0.4, -0.2) is 6.10 Å². The Morgan fingerprint density at radius 1 is 1.20 bits per heavy atom. The molecule has 106 valence electrons. The molecule has 0 N–H and O–H groups in total. The van der Waals surface area contributed by atoms with Gasteiger partial charge in [0.2, 0.25) is 0 Å². The molecule has 0 saturated heterocycles. The van der Waals surface area contributed by atoms with E-state index in [1.54, 1.807) is 0 Å². The van der Waals surface area contributed by atoms with Gasteiger partial charge in [0.25, 0.3) is 0 Å². The fraction of sp³-hybridized carbons (Fsp3) is 0.611. The second-order valence-corrected chi connectivity index (χ2v) is 7.31. The van der Waals surface area contributed by atoms with Gasteiger partial charge in [-0.05, 0) is 42.7 Å². The van der Waals surface area contributed by atoms with E-state index in [4.69, 9.17) is 4.74 Å². The highest BCUT2D eigenvalue weighted by atomic mass is 16.5. The number of nitrogens with zero attached hydrogens (tertiary/aromatic N) is 1. The Morgan fingerprint density at radius 3 is 2.55 bits per heavy atom. The quantitative estimate of drug-likeness (QED) is 0.792. The lowest BCUT2D eigenvalue weighted by Gasteiger charge is -2.40. The summed E-state index contributed by atoms with van der Waals surface area (Å²) in [6, 6.07) is 10.9. The number of benzene rings is 1. The maximum atomic E-state index is 9.68. The summed E-state index contributed by atoms with van der Waals surface area (Å²) in [5, 5.41) is 9.68. The standard InChI is InChI=1S/C18H23NO/c1-17(2)7-9-18(13-19,10-8-17)12-15-11-14-5-3-4-6-16(14)20-15/h3-6,15H,7-12H2,1-2H3. The van der Waals surface area contributed by atoms with Gasteiger partial charge in [0.05, 0.1) is 11.5 Å². The van der Waals surface area contributed by atoms with Crippen molar-refractivity contribution >= 4 is 0 Å². The molecule has 3 rings (SSSR count). The van der Waals surface area contributed by atoms with Gasteiger partial charge in [-0.3, -0.25) is 0 Å². The number of fused-ring (bicyclic) bond motifs is 1. The van der Waals surface area contributed by atoms with E-state index in [2.05, 4.69) is 32.0 Å². The van der Waals surface area contributed by atoms with Crippen molar-refractivity contribution in [1.82, 2.24) is 0 Å². The third-order valence-electron chi connectivity index (χ3n) is 5.13. The Kier molecular flexibility index (Phi) is 3.24. The average molecular weight is 269 g/mol. The van der Waals surface area contributed by atoms with Crippen LogP contribution < -0.4 is 4.74 Å². The average Bonchev–Trinajstić information content (AvgIpc) is 2.83. The molecule has 1 saturated carbocycles. The molecule has 2 nitrogen and oxygen atoms in total. The molecule has 1 aliphatic heterocycles. The Morgan fingerprint density at radius 2 is 1.90 bits per heavy atom. The van der Waals surface area contributed by atoms with E-state index in [9.17, 15) is 5.26 Å². The van der Waals surface area contributed by atoms with Crippen molar-refractivity contribution in [2.24, 2.45) is 10.8 Å². The zero-order chi connectivity index (χ0) is 14.2. The summed E-state index contributed by atoms with van der Waals surface area (Å²) in [4.78, 5) is 0. The highest BCUT2D eigenvalue weighted by Crippen LogP contribution is 2.48. The van der Waals surface area contributed by atoms with Gasteiger partial charge in [-0.1, -0.05) is 32.0 Å². The number of nitriles is 1. The van der Waals surface area contributed by atoms with Gasteiger partial charge in [-0.15, -0.1) is 0 Å². The normalized spacial score (nSPS) is 26.4. The van der Waals surface area contributed by atoms with E-state index in [0.29, 0.717) is 5.41 Å². The molecule has 0 spiro atoms. The first kappa shape index (κ1) is 13.5. The number of hydrogen-bond donors (Lipinski definition) is 0. The molecule has 2 heteroatoms. The molecular weight excluding hydrogens is 246 g/mol. The summed E-state index contributed by atoms with van der Waals surface area (Å²) in [5.41, 5.74) is 1.53. The first-order chi connectivity index (χ1) is 9.52. The highest BCUT2D eigenvalue weighted by Gasteiger charge is 2.41. The zero-order valence-electron chi connectivity index (χ0n) is 12.5. The molecule has 0 radical (unpaired) electrons. The van der Waals surface area contributed by atoms with Crippen LogP contribution in [0.5, 0.6) is 5.75 Å². The minimum absolute atomic E-state index is 0.164. The van der Waals surface area contributed by atoms with Gasteiger partial charge >= 0.3 is 0 Å². The summed E-state index contributed by atoms with van der Waals surface area (Å²) in [6.07, 6.45) is 6.38. The van der Waals surface area contributed by atoms with Crippen LogP contribution in [0.2, 0.25) is 0 Å². The monoisotopic (exact) mass is 269 g/mol. The summed E-state index contributed by atoms with van der Waals surface area (Å²) < 4.78 is 6.04. The fourth-order valence-corrected chi connectivity index (χ4v) is 3.57. The van der Waals surface area contributed by atoms with Crippen molar-refractivity contribution in [3.8, 4) is 11.8 Å². The first-order valence-electron chi connectivity index (χ1n) is 7.68. The lowest BCUT2D eigenvalue weighted by atomic mass is 9.64. The number of rotatable bonds is 2. The molecule has 1 heterocycles. The molecule has 1 fully saturated rings. The van der Waals surface area contributed by atoms with E-state index < -0.39 is 0 Å². The van der Waals surface area contributed by atoms with Crippen LogP contribution in [0.25, 0.3) is 0 Å². The van der Waals surface area contributed by atoms with Gasteiger partial charge in [-0.25, -0.2) is 0 Å². The third-order valence-corrected chi connectivity index (χ3v) is 5.13.